The third kappa shape index (κ3) is 3.59. The van der Waals surface area contributed by atoms with E-state index in [9.17, 15) is 9.90 Å². The molecule has 4 nitrogen and oxygen atoms in total. The van der Waals surface area contributed by atoms with E-state index >= 15 is 0 Å². The van der Waals surface area contributed by atoms with Gasteiger partial charge in [-0.1, -0.05) is 24.8 Å². The Hall–Kier alpha value is -3.45. The number of nitrogens with zero attached hydrogens (tertiary/aromatic N) is 1. The standard InChI is InChI=1S/C23H23NO3.C3H4/c1-4-7-14(2)13-24-18-11-6-10-17(23(26)27-3)20(18)21-19(25)12-15-8-5-9-16(15)22(21)24;1-3-2/h4,6-7,10-12,25H,2,5,8-9,13H2,1,3H3;1H,2H3/b7-4-;. The van der Waals surface area contributed by atoms with Crippen molar-refractivity contribution in [2.45, 2.75) is 39.7 Å². The van der Waals surface area contributed by atoms with Crippen LogP contribution >= 0.6 is 0 Å². The number of aromatic nitrogens is 1. The molecule has 3 aromatic rings. The molecule has 0 fully saturated rings. The Morgan fingerprint density at radius 1 is 1.37 bits per heavy atom. The van der Waals surface area contributed by atoms with Gasteiger partial charge in [-0.15, -0.1) is 12.3 Å². The number of benzene rings is 2. The number of phenols is 1. The van der Waals surface area contributed by atoms with Gasteiger partial charge in [-0.05, 0) is 68.0 Å². The first kappa shape index (κ1) is 21.3. The second-order valence-electron chi connectivity index (χ2n) is 7.33. The number of ether oxygens (including phenoxy) is 1. The zero-order valence-electron chi connectivity index (χ0n) is 17.8. The van der Waals surface area contributed by atoms with E-state index in [1.165, 1.54) is 18.2 Å². The Bertz CT molecular complexity index is 1200. The number of methoxy groups -OCH3 is 1. The Morgan fingerprint density at radius 3 is 2.77 bits per heavy atom. The molecule has 154 valence electrons. The second kappa shape index (κ2) is 8.92. The Morgan fingerprint density at radius 2 is 2.10 bits per heavy atom. The molecule has 1 aromatic heterocycles. The van der Waals surface area contributed by atoms with Gasteiger partial charge < -0.3 is 14.4 Å². The summed E-state index contributed by atoms with van der Waals surface area (Å²) in [4.78, 5) is 12.4. The molecule has 0 unspecified atom stereocenters. The quantitative estimate of drug-likeness (QED) is 0.354. The van der Waals surface area contributed by atoms with Gasteiger partial charge in [-0.25, -0.2) is 4.79 Å². The molecule has 1 aliphatic carbocycles. The number of rotatable bonds is 4. The minimum atomic E-state index is -0.396. The van der Waals surface area contributed by atoms with Crippen molar-refractivity contribution in [3.05, 3.63) is 65.3 Å². The average Bonchev–Trinajstić information content (AvgIpc) is 3.31. The van der Waals surface area contributed by atoms with Crippen LogP contribution < -0.4 is 0 Å². The predicted octanol–water partition coefficient (Wildman–Crippen LogP) is 5.55. The average molecular weight is 402 g/mol. The molecule has 1 heterocycles. The molecule has 0 bridgehead atoms. The lowest BCUT2D eigenvalue weighted by Gasteiger charge is -2.11. The van der Waals surface area contributed by atoms with Gasteiger partial charge in [0.15, 0.2) is 0 Å². The smallest absolute Gasteiger partial charge is 0.338 e. The van der Waals surface area contributed by atoms with Crippen LogP contribution in [0.2, 0.25) is 0 Å². The highest BCUT2D eigenvalue weighted by Gasteiger charge is 2.26. The molecule has 0 saturated carbocycles. The van der Waals surface area contributed by atoms with Crippen molar-refractivity contribution >= 4 is 27.8 Å². The zero-order chi connectivity index (χ0) is 21.8. The molecule has 0 amide bonds. The normalized spacial score (nSPS) is 12.5. The topological polar surface area (TPSA) is 51.5 Å². The third-order valence-electron chi connectivity index (χ3n) is 5.37. The Labute approximate surface area is 177 Å². The molecule has 0 aliphatic heterocycles. The highest BCUT2D eigenvalue weighted by Crippen LogP contribution is 2.43. The Balaban J connectivity index is 0.000000806. The van der Waals surface area contributed by atoms with E-state index in [2.05, 4.69) is 23.5 Å². The molecule has 1 aliphatic rings. The number of carbonyl (C=O) groups excluding carboxylic acids is 1. The predicted molar refractivity (Wildman–Crippen MR) is 123 cm³/mol. The summed E-state index contributed by atoms with van der Waals surface area (Å²) in [6.45, 7) is 8.38. The number of allylic oxidation sites excluding steroid dienone is 3. The van der Waals surface area contributed by atoms with Crippen LogP contribution in [0, 0.1) is 12.3 Å². The van der Waals surface area contributed by atoms with Gasteiger partial charge in [-0.2, -0.15) is 0 Å². The highest BCUT2D eigenvalue weighted by molar-refractivity contribution is 6.19. The number of hydrogen-bond acceptors (Lipinski definition) is 3. The minimum absolute atomic E-state index is 0.224. The number of esters is 1. The summed E-state index contributed by atoms with van der Waals surface area (Å²) in [5, 5.41) is 12.3. The summed E-state index contributed by atoms with van der Waals surface area (Å²) in [6.07, 6.45) is 11.6. The van der Waals surface area contributed by atoms with Crippen LogP contribution in [0.4, 0.5) is 0 Å². The van der Waals surface area contributed by atoms with E-state index in [1.807, 2.05) is 37.3 Å². The van der Waals surface area contributed by atoms with E-state index in [-0.39, 0.29) is 5.75 Å². The molecule has 30 heavy (non-hydrogen) atoms. The summed E-state index contributed by atoms with van der Waals surface area (Å²) in [5.74, 6) is 2.08. The van der Waals surface area contributed by atoms with Gasteiger partial charge >= 0.3 is 5.97 Å². The number of terminal acetylenes is 1. The van der Waals surface area contributed by atoms with Gasteiger partial charge in [0.1, 0.15) is 5.75 Å². The van der Waals surface area contributed by atoms with Gasteiger partial charge in [0.25, 0.3) is 0 Å². The van der Waals surface area contributed by atoms with Crippen molar-refractivity contribution in [3.8, 4) is 18.1 Å². The maximum absolute atomic E-state index is 12.4. The summed E-state index contributed by atoms with van der Waals surface area (Å²) in [7, 11) is 1.38. The lowest BCUT2D eigenvalue weighted by Crippen LogP contribution is -2.03. The van der Waals surface area contributed by atoms with Gasteiger partial charge in [0, 0.05) is 11.9 Å². The van der Waals surface area contributed by atoms with Crippen LogP contribution in [0.5, 0.6) is 5.75 Å². The number of phenolic OH excluding ortho intramolecular Hbond substituents is 1. The molecule has 0 radical (unpaired) electrons. The van der Waals surface area contributed by atoms with Crippen molar-refractivity contribution in [1.82, 2.24) is 4.57 Å². The lowest BCUT2D eigenvalue weighted by atomic mass is 10.0. The van der Waals surface area contributed by atoms with Crippen molar-refractivity contribution in [2.75, 3.05) is 7.11 Å². The van der Waals surface area contributed by atoms with Crippen molar-refractivity contribution in [2.24, 2.45) is 0 Å². The maximum Gasteiger partial charge on any atom is 0.338 e. The van der Waals surface area contributed by atoms with Crippen LogP contribution in [0.15, 0.2) is 48.6 Å². The van der Waals surface area contributed by atoms with Gasteiger partial charge in [0.05, 0.1) is 29.1 Å². The monoisotopic (exact) mass is 401 g/mol. The van der Waals surface area contributed by atoms with E-state index < -0.39 is 5.97 Å². The SMILES string of the molecule is C#CC.C=C(/C=C\C)Cn1c2cccc(C(=O)OC)c2c2c(O)cc3c(c21)CCC3. The maximum atomic E-state index is 12.4. The first-order valence-electron chi connectivity index (χ1n) is 10.0. The van der Waals surface area contributed by atoms with Crippen molar-refractivity contribution in [3.63, 3.8) is 0 Å². The van der Waals surface area contributed by atoms with E-state index in [0.29, 0.717) is 12.1 Å². The molecular formula is C26H27NO3. The fourth-order valence-electron chi connectivity index (χ4n) is 4.33. The highest BCUT2D eigenvalue weighted by atomic mass is 16.5. The molecule has 4 rings (SSSR count). The van der Waals surface area contributed by atoms with Crippen LogP contribution in [0.1, 0.15) is 41.8 Å². The molecule has 0 atom stereocenters. The van der Waals surface area contributed by atoms with Gasteiger partial charge in [-0.3, -0.25) is 0 Å². The summed E-state index contributed by atoms with van der Waals surface area (Å²) in [6, 6.07) is 7.47. The molecule has 0 spiro atoms. The second-order valence-corrected chi connectivity index (χ2v) is 7.33. The number of aryl methyl sites for hydroxylation is 2. The largest absolute Gasteiger partial charge is 0.507 e. The molecule has 4 heteroatoms. The number of fused-ring (bicyclic) bond motifs is 5. The van der Waals surface area contributed by atoms with Crippen LogP contribution in [-0.4, -0.2) is 22.8 Å². The van der Waals surface area contributed by atoms with E-state index in [1.54, 1.807) is 13.0 Å². The number of hydrogen-bond donors (Lipinski definition) is 1. The Kier molecular flexibility index (Phi) is 6.32. The van der Waals surface area contributed by atoms with Crippen molar-refractivity contribution in [1.29, 1.82) is 0 Å². The first-order valence-corrected chi connectivity index (χ1v) is 10.0. The fraction of sp³-hybridized carbons (Fsp3) is 0.269. The van der Waals surface area contributed by atoms with Crippen molar-refractivity contribution < 1.29 is 14.6 Å². The van der Waals surface area contributed by atoms with E-state index in [4.69, 9.17) is 4.74 Å². The molecular weight excluding hydrogens is 374 g/mol. The number of carbonyl (C=O) groups is 1. The molecule has 2 aromatic carbocycles. The first-order chi connectivity index (χ1) is 14.5. The van der Waals surface area contributed by atoms with Crippen LogP contribution in [-0.2, 0) is 24.1 Å². The summed E-state index contributed by atoms with van der Waals surface area (Å²) in [5.41, 5.74) is 5.83. The minimum Gasteiger partial charge on any atom is -0.507 e. The molecule has 1 N–H and O–H groups in total. The lowest BCUT2D eigenvalue weighted by molar-refractivity contribution is 0.0603. The zero-order valence-corrected chi connectivity index (χ0v) is 17.8. The van der Waals surface area contributed by atoms with Crippen LogP contribution in [0.3, 0.4) is 0 Å². The van der Waals surface area contributed by atoms with Crippen LogP contribution in [0.25, 0.3) is 21.8 Å². The van der Waals surface area contributed by atoms with E-state index in [0.717, 1.165) is 46.6 Å². The number of aromatic hydroxyl groups is 1. The van der Waals surface area contributed by atoms with Gasteiger partial charge in [0.2, 0.25) is 0 Å². The fourth-order valence-corrected chi connectivity index (χ4v) is 4.33. The summed E-state index contributed by atoms with van der Waals surface area (Å²) >= 11 is 0. The molecule has 0 saturated heterocycles. The third-order valence-corrected chi connectivity index (χ3v) is 5.37. The summed E-state index contributed by atoms with van der Waals surface area (Å²) < 4.78 is 7.18.